The molecule has 0 aromatic heterocycles. The van der Waals surface area contributed by atoms with Gasteiger partial charge < -0.3 is 15.4 Å². The molecule has 2 N–H and O–H groups in total. The fourth-order valence-electron chi connectivity index (χ4n) is 1.48. The largest absolute Gasteiger partial charge is 0.497 e. The van der Waals surface area contributed by atoms with Crippen LogP contribution >= 0.6 is 0 Å². The number of rotatable bonds is 7. The van der Waals surface area contributed by atoms with Crippen LogP contribution in [0.2, 0.25) is 0 Å². The van der Waals surface area contributed by atoms with Crippen molar-refractivity contribution in [1.82, 2.24) is 10.6 Å². The summed E-state index contributed by atoms with van der Waals surface area (Å²) in [6.07, 6.45) is 0.732. The van der Waals surface area contributed by atoms with Crippen molar-refractivity contribution in [2.75, 3.05) is 13.7 Å². The molecule has 0 bridgehead atoms. The third-order valence-corrected chi connectivity index (χ3v) is 2.54. The first-order chi connectivity index (χ1) is 9.15. The van der Waals surface area contributed by atoms with Crippen LogP contribution in [0.25, 0.3) is 0 Å². The van der Waals surface area contributed by atoms with Crippen LogP contribution in [0.15, 0.2) is 24.3 Å². The predicted molar refractivity (Wildman–Crippen MR) is 72.8 cm³/mol. The summed E-state index contributed by atoms with van der Waals surface area (Å²) in [4.78, 5) is 22.8. The lowest BCUT2D eigenvalue weighted by Crippen LogP contribution is -2.31. The Morgan fingerprint density at radius 3 is 2.32 bits per heavy atom. The molecule has 2 amide bonds. The van der Waals surface area contributed by atoms with Crippen LogP contribution in [0.4, 0.5) is 0 Å². The standard InChI is InChI=1S/C14H20N2O3/c1-3-8-15-13(17)9-14(18)16-10-11-4-6-12(19-2)7-5-11/h4-7H,3,8-10H2,1-2H3,(H,15,17)(H,16,18). The third-order valence-electron chi connectivity index (χ3n) is 2.54. The van der Waals surface area contributed by atoms with Gasteiger partial charge in [0, 0.05) is 13.1 Å². The van der Waals surface area contributed by atoms with Crippen LogP contribution < -0.4 is 15.4 Å². The number of ether oxygens (including phenoxy) is 1. The van der Waals surface area contributed by atoms with Crippen LogP contribution in [0.3, 0.4) is 0 Å². The van der Waals surface area contributed by atoms with Gasteiger partial charge >= 0.3 is 0 Å². The van der Waals surface area contributed by atoms with Gasteiger partial charge in [-0.25, -0.2) is 0 Å². The molecular weight excluding hydrogens is 244 g/mol. The average molecular weight is 264 g/mol. The Kier molecular flexibility index (Phi) is 6.43. The molecule has 0 atom stereocenters. The summed E-state index contributed by atoms with van der Waals surface area (Å²) < 4.78 is 5.04. The molecule has 0 aliphatic heterocycles. The SMILES string of the molecule is CCCNC(=O)CC(=O)NCc1ccc(OC)cc1. The Labute approximate surface area is 113 Å². The van der Waals surface area contributed by atoms with Gasteiger partial charge in [0.15, 0.2) is 0 Å². The van der Waals surface area contributed by atoms with Gasteiger partial charge in [-0.3, -0.25) is 9.59 Å². The highest BCUT2D eigenvalue weighted by Gasteiger charge is 2.08. The maximum atomic E-state index is 11.5. The molecule has 1 rings (SSSR count). The van der Waals surface area contributed by atoms with Gasteiger partial charge in [0.1, 0.15) is 12.2 Å². The smallest absolute Gasteiger partial charge is 0.229 e. The number of hydrogen-bond donors (Lipinski definition) is 2. The fraction of sp³-hybridized carbons (Fsp3) is 0.429. The summed E-state index contributed by atoms with van der Waals surface area (Å²) >= 11 is 0. The van der Waals surface area contributed by atoms with E-state index in [1.165, 1.54) is 0 Å². The van der Waals surface area contributed by atoms with Gasteiger partial charge in [0.25, 0.3) is 0 Å². The number of hydrogen-bond acceptors (Lipinski definition) is 3. The summed E-state index contributed by atoms with van der Waals surface area (Å²) in [6.45, 7) is 2.97. The third kappa shape index (κ3) is 5.90. The molecule has 1 aromatic carbocycles. The monoisotopic (exact) mass is 264 g/mol. The van der Waals surface area contributed by atoms with E-state index in [-0.39, 0.29) is 18.2 Å². The van der Waals surface area contributed by atoms with Gasteiger partial charge in [-0.2, -0.15) is 0 Å². The summed E-state index contributed by atoms with van der Waals surface area (Å²) in [5.41, 5.74) is 0.961. The first-order valence-corrected chi connectivity index (χ1v) is 6.32. The molecule has 0 unspecified atom stereocenters. The van der Waals surface area contributed by atoms with E-state index in [2.05, 4.69) is 10.6 Å². The highest BCUT2D eigenvalue weighted by atomic mass is 16.5. The minimum absolute atomic E-state index is 0.129. The summed E-state index contributed by atoms with van der Waals surface area (Å²) in [7, 11) is 1.60. The Bertz CT molecular complexity index is 415. The number of benzene rings is 1. The molecule has 0 heterocycles. The lowest BCUT2D eigenvalue weighted by molar-refractivity contribution is -0.129. The van der Waals surface area contributed by atoms with Crippen LogP contribution in [-0.4, -0.2) is 25.5 Å². The molecule has 0 aliphatic rings. The molecule has 0 spiro atoms. The minimum atomic E-state index is -0.274. The zero-order valence-electron chi connectivity index (χ0n) is 11.4. The van der Waals surface area contributed by atoms with Gasteiger partial charge in [-0.15, -0.1) is 0 Å². The van der Waals surface area contributed by atoms with E-state index in [0.717, 1.165) is 17.7 Å². The van der Waals surface area contributed by atoms with E-state index < -0.39 is 0 Å². The normalized spacial score (nSPS) is 9.79. The highest BCUT2D eigenvalue weighted by Crippen LogP contribution is 2.10. The molecule has 19 heavy (non-hydrogen) atoms. The predicted octanol–water partition coefficient (Wildman–Crippen LogP) is 1.23. The van der Waals surface area contributed by atoms with Crippen molar-refractivity contribution in [3.8, 4) is 5.75 Å². The van der Waals surface area contributed by atoms with Crippen molar-refractivity contribution in [2.45, 2.75) is 26.3 Å². The Hall–Kier alpha value is -2.04. The molecule has 0 saturated carbocycles. The molecule has 104 valence electrons. The molecular formula is C14H20N2O3. The van der Waals surface area contributed by atoms with Gasteiger partial charge in [0.2, 0.25) is 11.8 Å². The summed E-state index contributed by atoms with van der Waals surface area (Å²) in [6, 6.07) is 7.40. The van der Waals surface area contributed by atoms with Crippen LogP contribution in [0.1, 0.15) is 25.3 Å². The van der Waals surface area contributed by atoms with E-state index in [0.29, 0.717) is 13.1 Å². The van der Waals surface area contributed by atoms with E-state index in [4.69, 9.17) is 4.74 Å². The van der Waals surface area contributed by atoms with Crippen molar-refractivity contribution in [3.63, 3.8) is 0 Å². The second-order valence-corrected chi connectivity index (χ2v) is 4.15. The van der Waals surface area contributed by atoms with Gasteiger partial charge in [-0.05, 0) is 24.1 Å². The molecule has 1 aromatic rings. The second kappa shape index (κ2) is 8.13. The van der Waals surface area contributed by atoms with E-state index in [9.17, 15) is 9.59 Å². The first-order valence-electron chi connectivity index (χ1n) is 6.32. The average Bonchev–Trinajstić information content (AvgIpc) is 2.43. The van der Waals surface area contributed by atoms with Crippen LogP contribution in [-0.2, 0) is 16.1 Å². The Morgan fingerprint density at radius 1 is 1.11 bits per heavy atom. The maximum Gasteiger partial charge on any atom is 0.229 e. The number of amides is 2. The molecule has 5 nitrogen and oxygen atoms in total. The zero-order valence-corrected chi connectivity index (χ0v) is 11.4. The van der Waals surface area contributed by atoms with Crippen LogP contribution in [0, 0.1) is 0 Å². The quantitative estimate of drug-likeness (QED) is 0.728. The number of nitrogens with one attached hydrogen (secondary N) is 2. The van der Waals surface area contributed by atoms with E-state index >= 15 is 0 Å². The molecule has 5 heteroatoms. The summed E-state index contributed by atoms with van der Waals surface area (Å²) in [5.74, 6) is 0.257. The number of methoxy groups -OCH3 is 1. The topological polar surface area (TPSA) is 67.4 Å². The van der Waals surface area contributed by atoms with E-state index in [1.54, 1.807) is 7.11 Å². The lowest BCUT2D eigenvalue weighted by atomic mass is 10.2. The Balaban J connectivity index is 2.31. The zero-order chi connectivity index (χ0) is 14.1. The highest BCUT2D eigenvalue weighted by molar-refractivity contribution is 5.96. The molecule has 0 saturated heterocycles. The fourth-order valence-corrected chi connectivity index (χ4v) is 1.48. The van der Waals surface area contributed by atoms with Gasteiger partial charge in [0.05, 0.1) is 7.11 Å². The second-order valence-electron chi connectivity index (χ2n) is 4.15. The molecule has 0 radical (unpaired) electrons. The van der Waals surface area contributed by atoms with Crippen molar-refractivity contribution < 1.29 is 14.3 Å². The summed E-state index contributed by atoms with van der Waals surface area (Å²) in [5, 5.41) is 5.36. The number of carbonyl (C=O) groups excluding carboxylic acids is 2. The van der Waals surface area contributed by atoms with Crippen molar-refractivity contribution >= 4 is 11.8 Å². The molecule has 0 fully saturated rings. The van der Waals surface area contributed by atoms with Gasteiger partial charge in [-0.1, -0.05) is 19.1 Å². The van der Waals surface area contributed by atoms with Crippen molar-refractivity contribution in [2.24, 2.45) is 0 Å². The van der Waals surface area contributed by atoms with Crippen molar-refractivity contribution in [3.05, 3.63) is 29.8 Å². The van der Waals surface area contributed by atoms with E-state index in [1.807, 2.05) is 31.2 Å². The molecule has 0 aliphatic carbocycles. The Morgan fingerprint density at radius 2 is 1.74 bits per heavy atom. The lowest BCUT2D eigenvalue weighted by Gasteiger charge is -2.06. The number of carbonyl (C=O) groups is 2. The first kappa shape index (κ1) is 15.0. The maximum absolute atomic E-state index is 11.5. The van der Waals surface area contributed by atoms with Crippen LogP contribution in [0.5, 0.6) is 5.75 Å². The van der Waals surface area contributed by atoms with Crippen molar-refractivity contribution in [1.29, 1.82) is 0 Å². The minimum Gasteiger partial charge on any atom is -0.497 e.